The molecule has 4 fully saturated rings. The maximum Gasteiger partial charge on any atom is -0.00849 e. The number of allylic oxidation sites excluding steroid dienone is 2. The molecule has 0 aromatic rings. The first-order valence-corrected chi connectivity index (χ1v) is 15.5. The molecule has 5 aliphatic rings. The van der Waals surface area contributed by atoms with Crippen molar-refractivity contribution in [3.63, 3.8) is 0 Å². The summed E-state index contributed by atoms with van der Waals surface area (Å²) in [5.74, 6) is 4.84. The Morgan fingerprint density at radius 2 is 1.44 bits per heavy atom. The van der Waals surface area contributed by atoms with Crippen molar-refractivity contribution in [3.05, 3.63) is 11.6 Å². The molecule has 1 unspecified atom stereocenters. The van der Waals surface area contributed by atoms with Crippen LogP contribution in [-0.2, 0) is 0 Å². The van der Waals surface area contributed by atoms with Crippen LogP contribution in [0.4, 0.5) is 0 Å². The second-order valence-electron chi connectivity index (χ2n) is 16.8. The molecule has 4 saturated carbocycles. The molecule has 34 heavy (non-hydrogen) atoms. The average molecular weight is 467 g/mol. The molecule has 0 N–H and O–H groups in total. The molecule has 0 nitrogen and oxygen atoms in total. The molecule has 0 aromatic carbocycles. The van der Waals surface area contributed by atoms with Gasteiger partial charge >= 0.3 is 0 Å². The summed E-state index contributed by atoms with van der Waals surface area (Å²) in [7, 11) is 0. The summed E-state index contributed by atoms with van der Waals surface area (Å²) in [4.78, 5) is 0. The SMILES string of the molecule is CC(CCC1(C)CCC(C)(C)CC1)[C@H]1CC[C@H]2[C@@H]3CC=C4CC(C)(C)CC[C@]4(C)[C@H]3CC[C@]12C. The van der Waals surface area contributed by atoms with Gasteiger partial charge in [-0.2, -0.15) is 0 Å². The highest BCUT2D eigenvalue weighted by Crippen LogP contribution is 2.68. The predicted octanol–water partition coefficient (Wildman–Crippen LogP) is 10.6. The molecule has 0 aliphatic heterocycles. The Hall–Kier alpha value is -0.260. The number of fused-ring (bicyclic) bond motifs is 5. The van der Waals surface area contributed by atoms with Crippen molar-refractivity contribution in [1.82, 2.24) is 0 Å². The lowest BCUT2D eigenvalue weighted by molar-refractivity contribution is -0.0571. The third-order valence-electron chi connectivity index (χ3n) is 13.4. The summed E-state index contributed by atoms with van der Waals surface area (Å²) >= 11 is 0. The Morgan fingerprint density at radius 1 is 0.765 bits per heavy atom. The van der Waals surface area contributed by atoms with Crippen LogP contribution in [0.2, 0.25) is 0 Å². The normalized spacial score (nSPS) is 45.5. The van der Waals surface area contributed by atoms with Crippen LogP contribution in [0.15, 0.2) is 11.6 Å². The van der Waals surface area contributed by atoms with E-state index in [1.54, 1.807) is 0 Å². The lowest BCUT2D eigenvalue weighted by atomic mass is 9.45. The first-order valence-electron chi connectivity index (χ1n) is 15.5. The van der Waals surface area contributed by atoms with E-state index in [0.29, 0.717) is 27.1 Å². The fourth-order valence-electron chi connectivity index (χ4n) is 10.5. The van der Waals surface area contributed by atoms with Crippen molar-refractivity contribution in [2.45, 2.75) is 145 Å². The molecule has 5 rings (SSSR count). The van der Waals surface area contributed by atoms with Gasteiger partial charge in [-0.15, -0.1) is 0 Å². The van der Waals surface area contributed by atoms with E-state index in [1.807, 2.05) is 5.57 Å². The van der Waals surface area contributed by atoms with E-state index in [2.05, 4.69) is 61.5 Å². The van der Waals surface area contributed by atoms with E-state index in [9.17, 15) is 0 Å². The maximum atomic E-state index is 2.77. The van der Waals surface area contributed by atoms with Crippen molar-refractivity contribution < 1.29 is 0 Å². The summed E-state index contributed by atoms with van der Waals surface area (Å²) in [6.45, 7) is 20.7. The molecule has 5 aliphatic carbocycles. The molecule has 0 radical (unpaired) electrons. The Labute approximate surface area is 213 Å². The Balaban J connectivity index is 1.26. The van der Waals surface area contributed by atoms with Crippen LogP contribution < -0.4 is 0 Å². The highest BCUT2D eigenvalue weighted by molar-refractivity contribution is 5.26. The average Bonchev–Trinajstić information content (AvgIpc) is 3.12. The zero-order chi connectivity index (χ0) is 24.6. The molecule has 0 saturated heterocycles. The number of hydrogen-bond donors (Lipinski definition) is 0. The largest absolute Gasteiger partial charge is 0.0845 e. The molecule has 0 heteroatoms. The second-order valence-corrected chi connectivity index (χ2v) is 16.8. The van der Waals surface area contributed by atoms with Crippen LogP contribution in [0, 0.1) is 56.7 Å². The van der Waals surface area contributed by atoms with Crippen LogP contribution in [0.5, 0.6) is 0 Å². The summed E-state index contributed by atoms with van der Waals surface area (Å²) in [5, 5.41) is 0. The fourth-order valence-corrected chi connectivity index (χ4v) is 10.5. The van der Waals surface area contributed by atoms with Crippen molar-refractivity contribution in [2.75, 3.05) is 0 Å². The molecule has 0 bridgehead atoms. The summed E-state index contributed by atoms with van der Waals surface area (Å²) in [6, 6.07) is 0. The van der Waals surface area contributed by atoms with Crippen LogP contribution in [0.1, 0.15) is 145 Å². The van der Waals surface area contributed by atoms with E-state index in [-0.39, 0.29) is 0 Å². The minimum absolute atomic E-state index is 0.521. The zero-order valence-corrected chi connectivity index (χ0v) is 24.4. The van der Waals surface area contributed by atoms with Gasteiger partial charge < -0.3 is 0 Å². The van der Waals surface area contributed by atoms with Gasteiger partial charge in [0.05, 0.1) is 0 Å². The quantitative estimate of drug-likeness (QED) is 0.361. The molecule has 0 amide bonds. The lowest BCUT2D eigenvalue weighted by Gasteiger charge is -2.59. The molecule has 194 valence electrons. The van der Waals surface area contributed by atoms with Gasteiger partial charge in [-0.1, -0.05) is 67.0 Å². The smallest absolute Gasteiger partial charge is 0.00849 e. The van der Waals surface area contributed by atoms with Gasteiger partial charge in [-0.25, -0.2) is 0 Å². The van der Waals surface area contributed by atoms with E-state index >= 15 is 0 Å². The van der Waals surface area contributed by atoms with Gasteiger partial charge in [-0.3, -0.25) is 0 Å². The maximum absolute atomic E-state index is 2.77. The predicted molar refractivity (Wildman–Crippen MR) is 148 cm³/mol. The first kappa shape index (κ1) is 25.4. The molecule has 7 atom stereocenters. The van der Waals surface area contributed by atoms with Crippen molar-refractivity contribution >= 4 is 0 Å². The van der Waals surface area contributed by atoms with Gasteiger partial charge in [0.1, 0.15) is 0 Å². The highest BCUT2D eigenvalue weighted by Gasteiger charge is 2.59. The molecular formula is C34H58. The van der Waals surface area contributed by atoms with Crippen molar-refractivity contribution in [1.29, 1.82) is 0 Å². The van der Waals surface area contributed by atoms with Crippen LogP contribution >= 0.6 is 0 Å². The van der Waals surface area contributed by atoms with Gasteiger partial charge in [0, 0.05) is 0 Å². The Bertz CT molecular complexity index is 787. The molecule has 0 spiro atoms. The van der Waals surface area contributed by atoms with Gasteiger partial charge in [0.25, 0.3) is 0 Å². The van der Waals surface area contributed by atoms with Crippen LogP contribution in [0.3, 0.4) is 0 Å². The zero-order valence-electron chi connectivity index (χ0n) is 24.4. The lowest BCUT2D eigenvalue weighted by Crippen LogP contribution is -2.51. The van der Waals surface area contributed by atoms with Crippen molar-refractivity contribution in [2.24, 2.45) is 56.7 Å². The summed E-state index contributed by atoms with van der Waals surface area (Å²) < 4.78 is 0. The van der Waals surface area contributed by atoms with Gasteiger partial charge in [0.2, 0.25) is 0 Å². The van der Waals surface area contributed by atoms with Crippen LogP contribution in [-0.4, -0.2) is 0 Å². The summed E-state index contributed by atoms with van der Waals surface area (Å²) in [5.41, 5.74) is 4.74. The topological polar surface area (TPSA) is 0 Å². The van der Waals surface area contributed by atoms with Crippen molar-refractivity contribution in [3.8, 4) is 0 Å². The molecule has 0 heterocycles. The Morgan fingerprint density at radius 3 is 2.15 bits per heavy atom. The molecular weight excluding hydrogens is 408 g/mol. The van der Waals surface area contributed by atoms with E-state index in [0.717, 1.165) is 29.6 Å². The fraction of sp³-hybridized carbons (Fsp3) is 0.941. The van der Waals surface area contributed by atoms with E-state index < -0.39 is 0 Å². The minimum atomic E-state index is 0.521. The van der Waals surface area contributed by atoms with Crippen LogP contribution in [0.25, 0.3) is 0 Å². The standard InChI is InChI=1S/C34H58/c1-24(13-15-32(6)20-17-30(2,3)18-21-32)27-11-12-28-26-10-9-25-23-31(4,5)19-22-33(25,7)29(26)14-16-34(27,28)8/h9,24,26-29H,10-23H2,1-8H3/t24?,26-,27+,28-,29-,33-,34+/m0/s1. The monoisotopic (exact) mass is 466 g/mol. The van der Waals surface area contributed by atoms with E-state index in [1.165, 1.54) is 89.9 Å². The van der Waals surface area contributed by atoms with E-state index in [4.69, 9.17) is 0 Å². The second kappa shape index (κ2) is 8.38. The number of hydrogen-bond acceptors (Lipinski definition) is 0. The molecule has 0 aromatic heterocycles. The number of rotatable bonds is 4. The first-order chi connectivity index (χ1) is 15.8. The summed E-state index contributed by atoms with van der Waals surface area (Å²) in [6.07, 6.45) is 23.3. The van der Waals surface area contributed by atoms with Gasteiger partial charge in [-0.05, 0) is 147 Å². The minimum Gasteiger partial charge on any atom is -0.0845 e. The van der Waals surface area contributed by atoms with Gasteiger partial charge in [0.15, 0.2) is 0 Å². The third-order valence-corrected chi connectivity index (χ3v) is 13.4. The third kappa shape index (κ3) is 4.28. The highest BCUT2D eigenvalue weighted by atomic mass is 14.6. The Kier molecular flexibility index (Phi) is 6.26.